The van der Waals surface area contributed by atoms with E-state index >= 15 is 0 Å². The number of ether oxygens (including phenoxy) is 3. The third kappa shape index (κ3) is 3.06. The quantitative estimate of drug-likeness (QED) is 0.919. The molecular formula is C16H18ClNO3. The molecule has 0 radical (unpaired) electrons. The Morgan fingerprint density at radius 2 is 1.48 bits per heavy atom. The van der Waals surface area contributed by atoms with Crippen LogP contribution in [0, 0.1) is 0 Å². The molecule has 0 spiro atoms. The Morgan fingerprint density at radius 1 is 0.905 bits per heavy atom. The van der Waals surface area contributed by atoms with Crippen molar-refractivity contribution in [1.29, 1.82) is 0 Å². The van der Waals surface area contributed by atoms with Gasteiger partial charge in [0.1, 0.15) is 17.2 Å². The lowest BCUT2D eigenvalue weighted by atomic mass is 9.97. The van der Waals surface area contributed by atoms with Crippen molar-refractivity contribution in [3.63, 3.8) is 0 Å². The van der Waals surface area contributed by atoms with Gasteiger partial charge in [0, 0.05) is 10.6 Å². The van der Waals surface area contributed by atoms with Crippen molar-refractivity contribution in [3.05, 3.63) is 52.5 Å². The molecule has 1 unspecified atom stereocenters. The molecule has 0 aliphatic carbocycles. The van der Waals surface area contributed by atoms with Crippen LogP contribution in [0.5, 0.6) is 17.2 Å². The summed E-state index contributed by atoms with van der Waals surface area (Å²) in [4.78, 5) is 0. The first-order valence-corrected chi connectivity index (χ1v) is 6.80. The van der Waals surface area contributed by atoms with Crippen molar-refractivity contribution in [2.24, 2.45) is 5.73 Å². The van der Waals surface area contributed by atoms with Gasteiger partial charge in [-0.05, 0) is 24.3 Å². The fourth-order valence-electron chi connectivity index (χ4n) is 2.28. The maximum absolute atomic E-state index is 6.41. The second kappa shape index (κ2) is 6.70. The second-order valence-corrected chi connectivity index (χ2v) is 4.88. The van der Waals surface area contributed by atoms with Gasteiger partial charge in [-0.1, -0.05) is 23.7 Å². The number of rotatable bonds is 5. The van der Waals surface area contributed by atoms with Gasteiger partial charge in [-0.3, -0.25) is 0 Å². The number of halogens is 1. The molecule has 2 rings (SSSR count). The van der Waals surface area contributed by atoms with Crippen LogP contribution in [0.25, 0.3) is 0 Å². The summed E-state index contributed by atoms with van der Waals surface area (Å²) in [5.41, 5.74) is 7.99. The van der Waals surface area contributed by atoms with E-state index in [0.29, 0.717) is 22.3 Å². The van der Waals surface area contributed by atoms with Gasteiger partial charge in [0.05, 0.1) is 32.9 Å². The first-order chi connectivity index (χ1) is 10.1. The number of nitrogens with two attached hydrogens (primary N) is 1. The van der Waals surface area contributed by atoms with Gasteiger partial charge in [0.2, 0.25) is 0 Å². The van der Waals surface area contributed by atoms with Gasteiger partial charge in [0.25, 0.3) is 0 Å². The van der Waals surface area contributed by atoms with Crippen LogP contribution >= 0.6 is 11.6 Å². The molecule has 0 saturated carbocycles. The number of hydrogen-bond donors (Lipinski definition) is 1. The molecule has 0 bridgehead atoms. The Bertz CT molecular complexity index is 609. The van der Waals surface area contributed by atoms with E-state index in [0.717, 1.165) is 11.1 Å². The highest BCUT2D eigenvalue weighted by Gasteiger charge is 2.22. The fourth-order valence-corrected chi connectivity index (χ4v) is 2.45. The molecule has 112 valence electrons. The largest absolute Gasteiger partial charge is 0.496 e. The van der Waals surface area contributed by atoms with Gasteiger partial charge in [-0.15, -0.1) is 0 Å². The lowest BCUT2D eigenvalue weighted by Gasteiger charge is -2.21. The Labute approximate surface area is 129 Å². The molecule has 0 saturated heterocycles. The number of hydrogen-bond acceptors (Lipinski definition) is 4. The van der Waals surface area contributed by atoms with Crippen LogP contribution in [0.2, 0.25) is 5.02 Å². The van der Waals surface area contributed by atoms with Crippen LogP contribution in [0.3, 0.4) is 0 Å². The van der Waals surface area contributed by atoms with Crippen LogP contribution in [-0.4, -0.2) is 21.3 Å². The molecule has 0 aromatic heterocycles. The maximum atomic E-state index is 6.41. The molecule has 0 heterocycles. The van der Waals surface area contributed by atoms with Gasteiger partial charge in [0.15, 0.2) is 0 Å². The summed E-state index contributed by atoms with van der Waals surface area (Å²) in [7, 11) is 4.79. The SMILES string of the molecule is COc1cc(Cl)ccc1C(N)c1c(OC)cccc1OC. The van der Waals surface area contributed by atoms with E-state index in [1.165, 1.54) is 0 Å². The summed E-state index contributed by atoms with van der Waals surface area (Å²) in [6.07, 6.45) is 0. The Balaban J connectivity index is 2.56. The van der Waals surface area contributed by atoms with Gasteiger partial charge >= 0.3 is 0 Å². The standard InChI is InChI=1S/C16H18ClNO3/c1-19-12-5-4-6-13(20-2)15(12)16(18)11-8-7-10(17)9-14(11)21-3/h4-9,16H,18H2,1-3H3. The summed E-state index contributed by atoms with van der Waals surface area (Å²) >= 11 is 5.99. The van der Waals surface area contributed by atoms with Gasteiger partial charge < -0.3 is 19.9 Å². The van der Waals surface area contributed by atoms with Crippen LogP contribution in [0.4, 0.5) is 0 Å². The highest BCUT2D eigenvalue weighted by atomic mass is 35.5. The fraction of sp³-hybridized carbons (Fsp3) is 0.250. The Kier molecular flexibility index (Phi) is 4.94. The van der Waals surface area contributed by atoms with Crippen LogP contribution in [0.1, 0.15) is 17.2 Å². The summed E-state index contributed by atoms with van der Waals surface area (Å²) < 4.78 is 16.2. The van der Waals surface area contributed by atoms with Crippen molar-refractivity contribution in [2.45, 2.75) is 6.04 Å². The minimum Gasteiger partial charge on any atom is -0.496 e. The molecule has 0 amide bonds. The molecular weight excluding hydrogens is 290 g/mol. The molecule has 0 aliphatic rings. The summed E-state index contributed by atoms with van der Waals surface area (Å²) in [6.45, 7) is 0. The van der Waals surface area contributed by atoms with Crippen molar-refractivity contribution in [2.75, 3.05) is 21.3 Å². The number of methoxy groups -OCH3 is 3. The zero-order valence-electron chi connectivity index (χ0n) is 12.2. The van der Waals surface area contributed by atoms with E-state index in [1.807, 2.05) is 24.3 Å². The van der Waals surface area contributed by atoms with Gasteiger partial charge in [-0.25, -0.2) is 0 Å². The van der Waals surface area contributed by atoms with Crippen LogP contribution in [0.15, 0.2) is 36.4 Å². The molecule has 4 nitrogen and oxygen atoms in total. The average molecular weight is 308 g/mol. The first kappa shape index (κ1) is 15.5. The van der Waals surface area contributed by atoms with E-state index in [9.17, 15) is 0 Å². The van der Waals surface area contributed by atoms with Crippen molar-refractivity contribution >= 4 is 11.6 Å². The number of benzene rings is 2. The summed E-state index contributed by atoms with van der Waals surface area (Å²) in [6, 6.07) is 10.5. The van der Waals surface area contributed by atoms with Crippen molar-refractivity contribution < 1.29 is 14.2 Å². The third-order valence-electron chi connectivity index (χ3n) is 3.31. The molecule has 2 N–H and O–H groups in total. The van der Waals surface area contributed by atoms with E-state index < -0.39 is 6.04 Å². The zero-order valence-corrected chi connectivity index (χ0v) is 13.0. The van der Waals surface area contributed by atoms with E-state index in [1.54, 1.807) is 33.5 Å². The zero-order chi connectivity index (χ0) is 15.4. The normalized spacial score (nSPS) is 11.9. The topological polar surface area (TPSA) is 53.7 Å². The highest BCUT2D eigenvalue weighted by Crippen LogP contribution is 2.39. The maximum Gasteiger partial charge on any atom is 0.127 e. The van der Waals surface area contributed by atoms with E-state index in [-0.39, 0.29) is 0 Å². The molecule has 2 aromatic carbocycles. The van der Waals surface area contributed by atoms with Crippen molar-refractivity contribution in [3.8, 4) is 17.2 Å². The molecule has 0 fully saturated rings. The molecule has 1 atom stereocenters. The predicted molar refractivity (Wildman–Crippen MR) is 83.6 cm³/mol. The predicted octanol–water partition coefficient (Wildman–Crippen LogP) is 3.41. The summed E-state index contributed by atoms with van der Waals surface area (Å²) in [5, 5.41) is 0.592. The first-order valence-electron chi connectivity index (χ1n) is 6.42. The van der Waals surface area contributed by atoms with Crippen LogP contribution < -0.4 is 19.9 Å². The Morgan fingerprint density at radius 3 is 2.00 bits per heavy atom. The smallest absolute Gasteiger partial charge is 0.127 e. The monoisotopic (exact) mass is 307 g/mol. The molecule has 21 heavy (non-hydrogen) atoms. The van der Waals surface area contributed by atoms with Crippen molar-refractivity contribution in [1.82, 2.24) is 0 Å². The van der Waals surface area contributed by atoms with E-state index in [2.05, 4.69) is 0 Å². The lowest BCUT2D eigenvalue weighted by Crippen LogP contribution is -2.15. The van der Waals surface area contributed by atoms with Gasteiger partial charge in [-0.2, -0.15) is 0 Å². The lowest BCUT2D eigenvalue weighted by molar-refractivity contribution is 0.379. The summed E-state index contributed by atoms with van der Waals surface area (Å²) in [5.74, 6) is 1.96. The minimum absolute atomic E-state index is 0.455. The average Bonchev–Trinajstić information content (AvgIpc) is 2.53. The molecule has 5 heteroatoms. The molecule has 0 aliphatic heterocycles. The Hall–Kier alpha value is -1.91. The highest BCUT2D eigenvalue weighted by molar-refractivity contribution is 6.30. The minimum atomic E-state index is -0.455. The van der Waals surface area contributed by atoms with E-state index in [4.69, 9.17) is 31.5 Å². The second-order valence-electron chi connectivity index (χ2n) is 4.44. The molecule has 2 aromatic rings. The third-order valence-corrected chi connectivity index (χ3v) is 3.54. The van der Waals surface area contributed by atoms with Crippen LogP contribution in [-0.2, 0) is 0 Å².